The number of ether oxygens (including phenoxy) is 4. The van der Waals surface area contributed by atoms with Crippen molar-refractivity contribution in [3.63, 3.8) is 0 Å². The Bertz CT molecular complexity index is 916. The normalized spacial score (nSPS) is 11.8. The van der Waals surface area contributed by atoms with E-state index in [1.807, 2.05) is 0 Å². The fraction of sp³-hybridized carbons (Fsp3) is 0.238. The number of carbonyl (C=O) groups is 2. The molecule has 0 aliphatic rings. The largest absolute Gasteiger partial charge is 0.495 e. The van der Waals surface area contributed by atoms with Gasteiger partial charge in [-0.1, -0.05) is 18.2 Å². The molecule has 7 nitrogen and oxygen atoms in total. The highest BCUT2D eigenvalue weighted by Crippen LogP contribution is 2.30. The Morgan fingerprint density at radius 3 is 2.37 bits per heavy atom. The summed E-state index contributed by atoms with van der Waals surface area (Å²) in [7, 11) is 2.78. The van der Waals surface area contributed by atoms with Crippen LogP contribution in [-0.2, 0) is 14.3 Å². The Labute approximate surface area is 172 Å². The Kier molecular flexibility index (Phi) is 8.16. The fourth-order valence-corrected chi connectivity index (χ4v) is 2.39. The van der Waals surface area contributed by atoms with E-state index in [4.69, 9.17) is 14.2 Å². The number of rotatable bonds is 9. The lowest BCUT2D eigenvalue weighted by Crippen LogP contribution is -2.29. The first-order valence-corrected chi connectivity index (χ1v) is 8.79. The number of amides is 1. The van der Waals surface area contributed by atoms with Crippen LogP contribution in [0.25, 0.3) is 6.08 Å². The Hall–Kier alpha value is -3.62. The molecule has 0 heterocycles. The van der Waals surface area contributed by atoms with Crippen LogP contribution in [0.5, 0.6) is 17.2 Å². The Morgan fingerprint density at radius 2 is 1.70 bits per heavy atom. The monoisotopic (exact) mass is 421 g/mol. The molecule has 1 N–H and O–H groups in total. The van der Waals surface area contributed by atoms with Gasteiger partial charge in [0.15, 0.2) is 17.6 Å². The van der Waals surface area contributed by atoms with E-state index in [0.717, 1.165) is 6.08 Å². The van der Waals surface area contributed by atoms with Crippen LogP contribution in [0.4, 0.5) is 14.5 Å². The van der Waals surface area contributed by atoms with Crippen LogP contribution < -0.4 is 19.5 Å². The van der Waals surface area contributed by atoms with Crippen molar-refractivity contribution in [3.05, 3.63) is 54.1 Å². The summed E-state index contributed by atoms with van der Waals surface area (Å²) in [5.41, 5.74) is 0.929. The van der Waals surface area contributed by atoms with E-state index in [2.05, 4.69) is 10.1 Å². The van der Waals surface area contributed by atoms with Crippen LogP contribution in [0.3, 0.4) is 0 Å². The molecule has 0 aliphatic carbocycles. The van der Waals surface area contributed by atoms with Gasteiger partial charge in [0.2, 0.25) is 0 Å². The highest BCUT2D eigenvalue weighted by Gasteiger charge is 2.18. The van der Waals surface area contributed by atoms with Crippen molar-refractivity contribution < 1.29 is 37.3 Å². The van der Waals surface area contributed by atoms with Gasteiger partial charge < -0.3 is 24.3 Å². The van der Waals surface area contributed by atoms with E-state index < -0.39 is 24.6 Å². The average molecular weight is 421 g/mol. The zero-order chi connectivity index (χ0) is 22.1. The van der Waals surface area contributed by atoms with Crippen molar-refractivity contribution in [2.75, 3.05) is 19.5 Å². The van der Waals surface area contributed by atoms with Crippen molar-refractivity contribution in [1.29, 1.82) is 0 Å². The lowest BCUT2D eigenvalue weighted by molar-refractivity contribution is -0.148. The van der Waals surface area contributed by atoms with E-state index in [1.165, 1.54) is 45.4 Å². The molecule has 30 heavy (non-hydrogen) atoms. The number of esters is 1. The molecule has 0 fully saturated rings. The molecule has 2 aromatic carbocycles. The SMILES string of the molecule is COc1ccccc1NC(=O)C(C)OC(=O)/C=C/c1ccc(OC(F)F)c(OC)c1. The third-order valence-electron chi connectivity index (χ3n) is 3.84. The standard InChI is InChI=1S/C21H21F2NO6/c1-13(20(26)24-15-6-4-5-7-16(15)27-2)29-19(25)11-9-14-8-10-17(30-21(22)23)18(12-14)28-3/h4-13,21H,1-3H3,(H,24,26)/b11-9+. The number of anilines is 1. The molecular formula is C21H21F2NO6. The molecule has 160 valence electrons. The van der Waals surface area contributed by atoms with Crippen molar-refractivity contribution in [3.8, 4) is 17.2 Å². The van der Waals surface area contributed by atoms with Crippen LogP contribution in [0.1, 0.15) is 12.5 Å². The molecule has 0 saturated heterocycles. The maximum Gasteiger partial charge on any atom is 0.387 e. The number of para-hydroxylation sites is 2. The Morgan fingerprint density at radius 1 is 1.00 bits per heavy atom. The summed E-state index contributed by atoms with van der Waals surface area (Å²) in [6.45, 7) is -1.56. The predicted octanol–water partition coefficient (Wildman–Crippen LogP) is 3.89. The van der Waals surface area contributed by atoms with E-state index >= 15 is 0 Å². The predicted molar refractivity (Wildman–Crippen MR) is 106 cm³/mol. The van der Waals surface area contributed by atoms with Crippen molar-refractivity contribution in [2.24, 2.45) is 0 Å². The maximum atomic E-state index is 12.4. The first-order chi connectivity index (χ1) is 14.3. The second-order valence-corrected chi connectivity index (χ2v) is 5.89. The van der Waals surface area contributed by atoms with Crippen LogP contribution in [-0.4, -0.2) is 38.8 Å². The van der Waals surface area contributed by atoms with Gasteiger partial charge in [-0.05, 0) is 42.8 Å². The molecular weight excluding hydrogens is 400 g/mol. The second-order valence-electron chi connectivity index (χ2n) is 5.89. The number of nitrogens with one attached hydrogen (secondary N) is 1. The van der Waals surface area contributed by atoms with Gasteiger partial charge in [0, 0.05) is 6.08 Å². The minimum atomic E-state index is -2.99. The van der Waals surface area contributed by atoms with E-state index in [1.54, 1.807) is 24.3 Å². The van der Waals surface area contributed by atoms with Gasteiger partial charge in [-0.15, -0.1) is 0 Å². The lowest BCUT2D eigenvalue weighted by Gasteiger charge is -2.14. The minimum absolute atomic E-state index is 0.0790. The van der Waals surface area contributed by atoms with Crippen LogP contribution in [0, 0.1) is 0 Å². The van der Waals surface area contributed by atoms with E-state index in [9.17, 15) is 18.4 Å². The van der Waals surface area contributed by atoms with Gasteiger partial charge in [0.25, 0.3) is 5.91 Å². The first kappa shape index (κ1) is 22.7. The number of alkyl halides is 2. The highest BCUT2D eigenvalue weighted by molar-refractivity contribution is 5.97. The molecule has 1 atom stereocenters. The molecule has 9 heteroatoms. The summed E-state index contributed by atoms with van der Waals surface area (Å²) in [5.74, 6) is -0.873. The fourth-order valence-electron chi connectivity index (χ4n) is 2.39. The van der Waals surface area contributed by atoms with Gasteiger partial charge in [0.1, 0.15) is 5.75 Å². The zero-order valence-corrected chi connectivity index (χ0v) is 16.6. The Balaban J connectivity index is 1.97. The molecule has 1 amide bonds. The maximum absolute atomic E-state index is 12.4. The van der Waals surface area contributed by atoms with Gasteiger partial charge >= 0.3 is 12.6 Å². The topological polar surface area (TPSA) is 83.1 Å². The summed E-state index contributed by atoms with van der Waals surface area (Å²) >= 11 is 0. The third kappa shape index (κ3) is 6.47. The molecule has 2 rings (SSSR count). The van der Waals surface area contributed by atoms with Gasteiger partial charge in [-0.3, -0.25) is 4.79 Å². The summed E-state index contributed by atoms with van der Waals surface area (Å²) < 4.78 is 44.3. The van der Waals surface area contributed by atoms with Crippen LogP contribution in [0.15, 0.2) is 48.5 Å². The molecule has 0 bridgehead atoms. The van der Waals surface area contributed by atoms with Crippen molar-refractivity contribution in [1.82, 2.24) is 0 Å². The molecule has 0 aromatic heterocycles. The third-order valence-corrected chi connectivity index (χ3v) is 3.84. The zero-order valence-electron chi connectivity index (χ0n) is 16.6. The number of methoxy groups -OCH3 is 2. The molecule has 0 spiro atoms. The number of benzene rings is 2. The number of halogens is 2. The number of hydrogen-bond acceptors (Lipinski definition) is 6. The minimum Gasteiger partial charge on any atom is -0.495 e. The molecule has 0 saturated carbocycles. The summed E-state index contributed by atoms with van der Waals surface area (Å²) in [4.78, 5) is 24.2. The van der Waals surface area contributed by atoms with Crippen LogP contribution >= 0.6 is 0 Å². The summed E-state index contributed by atoms with van der Waals surface area (Å²) in [6, 6.07) is 11.0. The van der Waals surface area contributed by atoms with E-state index in [-0.39, 0.29) is 11.5 Å². The highest BCUT2D eigenvalue weighted by atomic mass is 19.3. The first-order valence-electron chi connectivity index (χ1n) is 8.79. The smallest absolute Gasteiger partial charge is 0.387 e. The van der Waals surface area contributed by atoms with Gasteiger partial charge in [-0.25, -0.2) is 4.79 Å². The van der Waals surface area contributed by atoms with Gasteiger partial charge in [-0.2, -0.15) is 8.78 Å². The van der Waals surface area contributed by atoms with E-state index in [0.29, 0.717) is 17.0 Å². The molecule has 1 unspecified atom stereocenters. The molecule has 0 aliphatic heterocycles. The van der Waals surface area contributed by atoms with Crippen LogP contribution in [0.2, 0.25) is 0 Å². The average Bonchev–Trinajstić information content (AvgIpc) is 2.72. The number of carbonyl (C=O) groups excluding carboxylic acids is 2. The quantitative estimate of drug-likeness (QED) is 0.489. The molecule has 0 radical (unpaired) electrons. The van der Waals surface area contributed by atoms with Gasteiger partial charge in [0.05, 0.1) is 19.9 Å². The van der Waals surface area contributed by atoms with Crippen molar-refractivity contribution in [2.45, 2.75) is 19.6 Å². The summed E-state index contributed by atoms with van der Waals surface area (Å²) in [6.07, 6.45) is 1.43. The number of hydrogen-bond donors (Lipinski definition) is 1. The molecule has 2 aromatic rings. The lowest BCUT2D eigenvalue weighted by atomic mass is 10.2. The summed E-state index contributed by atoms with van der Waals surface area (Å²) in [5, 5.41) is 2.62. The van der Waals surface area contributed by atoms with Crippen molar-refractivity contribution >= 4 is 23.6 Å². The second kappa shape index (κ2) is 10.8.